The van der Waals surface area contributed by atoms with Crippen molar-refractivity contribution in [2.24, 2.45) is 5.92 Å². The van der Waals surface area contributed by atoms with Gasteiger partial charge in [0.15, 0.2) is 0 Å². The van der Waals surface area contributed by atoms with E-state index < -0.39 is 5.92 Å². The number of piperidine rings is 1. The number of benzene rings is 1. The van der Waals surface area contributed by atoms with Crippen LogP contribution in [0.5, 0.6) is 0 Å². The number of fused-ring (bicyclic) bond motifs is 1. The highest BCUT2D eigenvalue weighted by Gasteiger charge is 2.33. The van der Waals surface area contributed by atoms with E-state index in [4.69, 9.17) is 0 Å². The predicted octanol–water partition coefficient (Wildman–Crippen LogP) is 4.85. The number of likely N-dealkylation sites (tertiary alicyclic amines) is 1. The Morgan fingerprint density at radius 3 is 2.42 bits per heavy atom. The van der Waals surface area contributed by atoms with E-state index in [9.17, 15) is 13.6 Å². The van der Waals surface area contributed by atoms with Crippen LogP contribution < -0.4 is 10.9 Å². The molecule has 1 aliphatic rings. The van der Waals surface area contributed by atoms with Crippen LogP contribution in [0, 0.1) is 5.92 Å². The molecule has 0 saturated carbocycles. The Morgan fingerprint density at radius 1 is 1.06 bits per heavy atom. The summed E-state index contributed by atoms with van der Waals surface area (Å²) < 4.78 is 28.4. The highest BCUT2D eigenvalue weighted by atomic mass is 19.3. The van der Waals surface area contributed by atoms with Crippen molar-refractivity contribution >= 4 is 17.0 Å². The van der Waals surface area contributed by atoms with Gasteiger partial charge in [-0.3, -0.25) is 14.3 Å². The lowest BCUT2D eigenvalue weighted by Crippen LogP contribution is -2.38. The number of alkyl halides is 2. The van der Waals surface area contributed by atoms with Crippen molar-refractivity contribution in [1.82, 2.24) is 19.4 Å². The van der Waals surface area contributed by atoms with E-state index in [1.165, 1.54) is 0 Å². The number of rotatable bonds is 7. The molecule has 1 fully saturated rings. The molecule has 8 heteroatoms. The first-order valence-corrected chi connectivity index (χ1v) is 11.5. The fourth-order valence-electron chi connectivity index (χ4n) is 4.17. The second-order valence-corrected chi connectivity index (χ2v) is 9.39. The third-order valence-electron chi connectivity index (χ3n) is 6.09. The van der Waals surface area contributed by atoms with Crippen LogP contribution in [0.2, 0.25) is 0 Å². The van der Waals surface area contributed by atoms with E-state index in [0.29, 0.717) is 43.7 Å². The molecule has 4 rings (SSSR count). The number of aromatic nitrogens is 3. The van der Waals surface area contributed by atoms with Crippen molar-refractivity contribution in [3.8, 4) is 0 Å². The van der Waals surface area contributed by atoms with Crippen LogP contribution >= 0.6 is 0 Å². The lowest BCUT2D eigenvalue weighted by molar-refractivity contribution is -0.0566. The number of nitrogens with one attached hydrogen (secondary N) is 1. The van der Waals surface area contributed by atoms with Crippen LogP contribution in [-0.4, -0.2) is 38.4 Å². The largest absolute Gasteiger partial charge is 0.348 e. The molecule has 1 aliphatic heterocycles. The Kier molecular flexibility index (Phi) is 6.74. The van der Waals surface area contributed by atoms with Crippen molar-refractivity contribution < 1.29 is 8.78 Å². The normalized spacial score (nSPS) is 17.4. The van der Waals surface area contributed by atoms with Crippen molar-refractivity contribution in [2.45, 2.75) is 58.7 Å². The maximum absolute atomic E-state index is 13.4. The summed E-state index contributed by atoms with van der Waals surface area (Å²) in [4.78, 5) is 23.5. The molecule has 1 N–H and O–H groups in total. The molecule has 33 heavy (non-hydrogen) atoms. The van der Waals surface area contributed by atoms with E-state index in [0.717, 1.165) is 16.5 Å². The molecule has 0 aliphatic carbocycles. The van der Waals surface area contributed by atoms with Gasteiger partial charge in [0.25, 0.3) is 11.5 Å². The van der Waals surface area contributed by atoms with Crippen molar-refractivity contribution in [3.63, 3.8) is 0 Å². The van der Waals surface area contributed by atoms with Gasteiger partial charge in [-0.2, -0.15) is 4.98 Å². The van der Waals surface area contributed by atoms with Crippen LogP contribution in [0.25, 0.3) is 11.0 Å². The predicted molar refractivity (Wildman–Crippen MR) is 127 cm³/mol. The Hall–Kier alpha value is -2.87. The van der Waals surface area contributed by atoms with Gasteiger partial charge in [-0.15, -0.1) is 0 Å². The molecule has 1 atom stereocenters. The lowest BCUT2D eigenvalue weighted by atomic mass is 10.0. The average Bonchev–Trinajstić information content (AvgIpc) is 2.77. The molecule has 3 aromatic rings. The zero-order valence-electron chi connectivity index (χ0n) is 19.4. The van der Waals surface area contributed by atoms with Crippen molar-refractivity contribution in [2.75, 3.05) is 18.4 Å². The molecular formula is C25H31F2N5O. The molecule has 0 amide bonds. The Bertz CT molecular complexity index is 1150. The summed E-state index contributed by atoms with van der Waals surface area (Å²) >= 11 is 0. The zero-order valence-corrected chi connectivity index (χ0v) is 19.4. The van der Waals surface area contributed by atoms with E-state index in [-0.39, 0.29) is 24.4 Å². The molecule has 0 radical (unpaired) electrons. The second kappa shape index (κ2) is 9.55. The van der Waals surface area contributed by atoms with Crippen molar-refractivity contribution in [1.29, 1.82) is 0 Å². The van der Waals surface area contributed by atoms with Gasteiger partial charge in [0.05, 0.1) is 6.04 Å². The van der Waals surface area contributed by atoms with Crippen LogP contribution in [0.15, 0.2) is 47.4 Å². The Morgan fingerprint density at radius 2 is 1.76 bits per heavy atom. The first-order chi connectivity index (χ1) is 15.7. The number of hydrogen-bond donors (Lipinski definition) is 1. The van der Waals surface area contributed by atoms with Crippen LogP contribution in [0.1, 0.15) is 50.8 Å². The SMILES string of the molecule is CC(C)Cn1c(=O)ccc2cnc(N[C@@H](C)c3ccc(CN4CCC(F)(F)CC4)cc3)nc21. The molecule has 0 unspecified atom stereocenters. The molecular weight excluding hydrogens is 424 g/mol. The molecule has 176 valence electrons. The number of halogens is 2. The minimum absolute atomic E-state index is 0.0424. The highest BCUT2D eigenvalue weighted by molar-refractivity contribution is 5.75. The van der Waals surface area contributed by atoms with Gasteiger partial charge >= 0.3 is 0 Å². The minimum atomic E-state index is -2.52. The second-order valence-electron chi connectivity index (χ2n) is 9.39. The van der Waals surface area contributed by atoms with E-state index in [1.54, 1.807) is 22.9 Å². The first kappa shape index (κ1) is 23.3. The number of anilines is 1. The summed E-state index contributed by atoms with van der Waals surface area (Å²) in [6.45, 7) is 8.29. The summed E-state index contributed by atoms with van der Waals surface area (Å²) in [6, 6.07) is 11.4. The molecule has 3 heterocycles. The summed E-state index contributed by atoms with van der Waals surface area (Å²) in [5.74, 6) is -1.73. The van der Waals surface area contributed by atoms with Crippen LogP contribution in [0.4, 0.5) is 14.7 Å². The van der Waals surface area contributed by atoms with E-state index in [2.05, 4.69) is 34.0 Å². The van der Waals surface area contributed by atoms with Crippen LogP contribution in [0.3, 0.4) is 0 Å². The standard InChI is InChI=1S/C25H31F2N5O/c1-17(2)15-32-22(33)9-8-21-14-28-24(30-23(21)32)29-18(3)20-6-4-19(5-7-20)16-31-12-10-25(26,27)11-13-31/h4-9,14,17-18H,10-13,15-16H2,1-3H3,(H,28,29,30)/t18-/m0/s1. The fourth-order valence-corrected chi connectivity index (χ4v) is 4.17. The minimum Gasteiger partial charge on any atom is -0.348 e. The third kappa shape index (κ3) is 5.74. The monoisotopic (exact) mass is 455 g/mol. The van der Waals surface area contributed by atoms with Gasteiger partial charge in [0.1, 0.15) is 5.65 Å². The average molecular weight is 456 g/mol. The van der Waals surface area contributed by atoms with E-state index in [1.807, 2.05) is 31.2 Å². The topological polar surface area (TPSA) is 63.1 Å². The third-order valence-corrected chi connectivity index (χ3v) is 6.09. The summed E-state index contributed by atoms with van der Waals surface area (Å²) in [7, 11) is 0. The Labute approximate surface area is 192 Å². The zero-order chi connectivity index (χ0) is 23.6. The van der Waals surface area contributed by atoms with Gasteiger partial charge in [-0.1, -0.05) is 38.1 Å². The first-order valence-electron chi connectivity index (χ1n) is 11.5. The molecule has 1 saturated heterocycles. The molecule has 6 nitrogen and oxygen atoms in total. The van der Waals surface area contributed by atoms with Crippen LogP contribution in [-0.2, 0) is 13.1 Å². The van der Waals surface area contributed by atoms with Gasteiger partial charge < -0.3 is 5.32 Å². The number of hydrogen-bond acceptors (Lipinski definition) is 5. The summed E-state index contributed by atoms with van der Waals surface area (Å²) in [5.41, 5.74) is 2.74. The van der Waals surface area contributed by atoms with E-state index >= 15 is 0 Å². The number of nitrogens with zero attached hydrogens (tertiary/aromatic N) is 4. The fraction of sp³-hybridized carbons (Fsp3) is 0.480. The van der Waals surface area contributed by atoms with Gasteiger partial charge in [-0.25, -0.2) is 13.8 Å². The van der Waals surface area contributed by atoms with Gasteiger partial charge in [0.2, 0.25) is 5.95 Å². The lowest BCUT2D eigenvalue weighted by Gasteiger charge is -2.31. The summed E-state index contributed by atoms with van der Waals surface area (Å²) in [5, 5.41) is 4.16. The highest BCUT2D eigenvalue weighted by Crippen LogP contribution is 2.28. The molecule has 1 aromatic carbocycles. The quantitative estimate of drug-likeness (QED) is 0.552. The van der Waals surface area contributed by atoms with Gasteiger partial charge in [-0.05, 0) is 30.0 Å². The number of pyridine rings is 1. The van der Waals surface area contributed by atoms with Gasteiger partial charge in [0, 0.05) is 56.7 Å². The molecule has 2 aromatic heterocycles. The van der Waals surface area contributed by atoms with Crippen molar-refractivity contribution in [3.05, 3.63) is 64.1 Å². The summed E-state index contributed by atoms with van der Waals surface area (Å²) in [6.07, 6.45) is 1.60. The smallest absolute Gasteiger partial charge is 0.252 e. The molecule has 0 spiro atoms. The Balaban J connectivity index is 1.44. The maximum Gasteiger partial charge on any atom is 0.252 e. The maximum atomic E-state index is 13.4. The molecule has 0 bridgehead atoms.